The molecule has 4 nitrogen and oxygen atoms in total. The summed E-state index contributed by atoms with van der Waals surface area (Å²) in [5, 5.41) is 0. The Morgan fingerprint density at radius 2 is 2.12 bits per heavy atom. The molecule has 1 aliphatic heterocycles. The Hall–Kier alpha value is -1.79. The number of amides is 1. The first kappa shape index (κ1) is 18.5. The summed E-state index contributed by atoms with van der Waals surface area (Å²) in [7, 11) is 1.62. The minimum absolute atomic E-state index is 0.0495. The third-order valence-electron chi connectivity index (χ3n) is 3.51. The molecule has 0 aromatic heterocycles. The van der Waals surface area contributed by atoms with Crippen LogP contribution in [0.4, 0.5) is 0 Å². The Morgan fingerprint density at radius 1 is 1.38 bits per heavy atom. The molecule has 6 heteroatoms. The molecule has 128 valence electrons. The summed E-state index contributed by atoms with van der Waals surface area (Å²) >= 11 is 6.58. The molecule has 0 unspecified atom stereocenters. The van der Waals surface area contributed by atoms with Gasteiger partial charge in [0.2, 0.25) is 0 Å². The van der Waals surface area contributed by atoms with Gasteiger partial charge in [-0.25, -0.2) is 0 Å². The van der Waals surface area contributed by atoms with E-state index in [1.54, 1.807) is 12.0 Å². The van der Waals surface area contributed by atoms with Gasteiger partial charge in [0, 0.05) is 12.1 Å². The van der Waals surface area contributed by atoms with Crippen LogP contribution < -0.4 is 9.47 Å². The van der Waals surface area contributed by atoms with Crippen molar-refractivity contribution in [2.24, 2.45) is 0 Å². The van der Waals surface area contributed by atoms with Crippen LogP contribution in [0, 0.1) is 0 Å². The van der Waals surface area contributed by atoms with E-state index in [-0.39, 0.29) is 5.91 Å². The molecule has 0 atom stereocenters. The summed E-state index contributed by atoms with van der Waals surface area (Å²) in [6, 6.07) is 3.87. The van der Waals surface area contributed by atoms with Gasteiger partial charge >= 0.3 is 0 Å². The van der Waals surface area contributed by atoms with Crippen molar-refractivity contribution in [2.45, 2.75) is 20.3 Å². The Bertz CT molecular complexity index is 698. The topological polar surface area (TPSA) is 38.8 Å². The lowest BCUT2D eigenvalue weighted by molar-refractivity contribution is -0.121. The van der Waals surface area contributed by atoms with E-state index in [1.165, 1.54) is 11.8 Å². The monoisotopic (exact) mass is 363 g/mol. The van der Waals surface area contributed by atoms with Crippen molar-refractivity contribution in [3.05, 3.63) is 40.8 Å². The van der Waals surface area contributed by atoms with Crippen molar-refractivity contribution in [3.8, 4) is 11.5 Å². The fourth-order valence-electron chi connectivity index (χ4n) is 2.49. The SMILES string of the molecule is C=CCc1cc(/C=C2\SC(=S)N(CC)C2=O)cc(OCC)c1OC. The van der Waals surface area contributed by atoms with Gasteiger partial charge in [0.15, 0.2) is 11.5 Å². The number of rotatable bonds is 7. The van der Waals surface area contributed by atoms with E-state index in [1.807, 2.05) is 38.1 Å². The molecule has 1 amide bonds. The molecule has 0 N–H and O–H groups in total. The summed E-state index contributed by atoms with van der Waals surface area (Å²) < 4.78 is 11.8. The largest absolute Gasteiger partial charge is 0.493 e. The minimum atomic E-state index is -0.0495. The zero-order chi connectivity index (χ0) is 17.7. The van der Waals surface area contributed by atoms with E-state index in [9.17, 15) is 4.79 Å². The van der Waals surface area contributed by atoms with Gasteiger partial charge in [-0.2, -0.15) is 0 Å². The zero-order valence-corrected chi connectivity index (χ0v) is 15.8. The number of thiocarbonyl (C=S) groups is 1. The van der Waals surface area contributed by atoms with Crippen LogP contribution in [0.3, 0.4) is 0 Å². The molecule has 1 fully saturated rings. The van der Waals surface area contributed by atoms with Gasteiger partial charge in [-0.3, -0.25) is 9.69 Å². The highest BCUT2D eigenvalue weighted by molar-refractivity contribution is 8.26. The van der Waals surface area contributed by atoms with Crippen LogP contribution in [0.5, 0.6) is 11.5 Å². The van der Waals surface area contributed by atoms with E-state index in [2.05, 4.69) is 6.58 Å². The number of nitrogens with zero attached hydrogens (tertiary/aromatic N) is 1. The van der Waals surface area contributed by atoms with Crippen LogP contribution in [-0.2, 0) is 11.2 Å². The van der Waals surface area contributed by atoms with Gasteiger partial charge in [0.05, 0.1) is 18.6 Å². The van der Waals surface area contributed by atoms with Gasteiger partial charge in [0.25, 0.3) is 5.91 Å². The van der Waals surface area contributed by atoms with Gasteiger partial charge in [0.1, 0.15) is 4.32 Å². The fraction of sp³-hybridized carbons (Fsp3) is 0.333. The zero-order valence-electron chi connectivity index (χ0n) is 14.1. The lowest BCUT2D eigenvalue weighted by Crippen LogP contribution is -2.27. The Morgan fingerprint density at radius 3 is 2.67 bits per heavy atom. The summed E-state index contributed by atoms with van der Waals surface area (Å²) in [6.07, 6.45) is 4.32. The second-order valence-corrected chi connectivity index (χ2v) is 6.74. The average molecular weight is 364 g/mol. The number of hydrogen-bond acceptors (Lipinski definition) is 5. The molecule has 2 rings (SSSR count). The molecule has 1 aromatic carbocycles. The quantitative estimate of drug-likeness (QED) is 0.415. The number of hydrogen-bond donors (Lipinski definition) is 0. The van der Waals surface area contributed by atoms with Crippen molar-refractivity contribution in [1.82, 2.24) is 4.90 Å². The normalized spacial score (nSPS) is 16.0. The third kappa shape index (κ3) is 3.82. The number of methoxy groups -OCH3 is 1. The molecular weight excluding hydrogens is 342 g/mol. The van der Waals surface area contributed by atoms with E-state index < -0.39 is 0 Å². The summed E-state index contributed by atoms with van der Waals surface area (Å²) in [5.74, 6) is 1.32. The van der Waals surface area contributed by atoms with Crippen LogP contribution in [-0.4, -0.2) is 35.4 Å². The van der Waals surface area contributed by atoms with Gasteiger partial charge in [-0.15, -0.1) is 6.58 Å². The molecule has 1 heterocycles. The number of thioether (sulfide) groups is 1. The summed E-state index contributed by atoms with van der Waals surface area (Å²) in [5.41, 5.74) is 1.85. The molecule has 0 spiro atoms. The predicted octanol–water partition coefficient (Wildman–Crippen LogP) is 4.04. The first-order valence-corrected chi connectivity index (χ1v) is 8.98. The van der Waals surface area contributed by atoms with Crippen molar-refractivity contribution >= 4 is 40.3 Å². The smallest absolute Gasteiger partial charge is 0.266 e. The first-order valence-electron chi connectivity index (χ1n) is 7.75. The van der Waals surface area contributed by atoms with Crippen molar-refractivity contribution in [2.75, 3.05) is 20.3 Å². The van der Waals surface area contributed by atoms with Crippen LogP contribution in [0.15, 0.2) is 29.7 Å². The highest BCUT2D eigenvalue weighted by Crippen LogP contribution is 2.37. The highest BCUT2D eigenvalue weighted by Gasteiger charge is 2.30. The number of likely N-dealkylation sites (N-methyl/N-ethyl adjacent to an activating group) is 1. The van der Waals surface area contributed by atoms with Crippen LogP contribution in [0.25, 0.3) is 6.08 Å². The number of carbonyl (C=O) groups is 1. The van der Waals surface area contributed by atoms with Gasteiger partial charge in [-0.1, -0.05) is 30.1 Å². The standard InChI is InChI=1S/C18H21NO3S2/c1-5-8-13-9-12(10-14(22-7-3)16(13)21-4)11-15-17(20)19(6-2)18(23)24-15/h5,9-11H,1,6-8H2,2-4H3/b15-11-. The minimum Gasteiger partial charge on any atom is -0.493 e. The van der Waals surface area contributed by atoms with Gasteiger partial charge < -0.3 is 9.47 Å². The third-order valence-corrected chi connectivity index (χ3v) is 4.89. The number of benzene rings is 1. The van der Waals surface area contributed by atoms with E-state index in [0.29, 0.717) is 40.3 Å². The maximum atomic E-state index is 12.4. The molecule has 24 heavy (non-hydrogen) atoms. The highest BCUT2D eigenvalue weighted by atomic mass is 32.2. The Labute approximate surface area is 152 Å². The predicted molar refractivity (Wildman–Crippen MR) is 104 cm³/mol. The lowest BCUT2D eigenvalue weighted by atomic mass is 10.0. The molecule has 0 saturated carbocycles. The molecule has 0 bridgehead atoms. The molecule has 1 saturated heterocycles. The van der Waals surface area contributed by atoms with Crippen LogP contribution >= 0.6 is 24.0 Å². The summed E-state index contributed by atoms with van der Waals surface area (Å²) in [6.45, 7) is 8.74. The molecule has 0 radical (unpaired) electrons. The molecular formula is C18H21NO3S2. The number of ether oxygens (including phenoxy) is 2. The number of carbonyl (C=O) groups excluding carboxylic acids is 1. The number of allylic oxidation sites excluding steroid dienone is 1. The fourth-order valence-corrected chi connectivity index (χ4v) is 3.88. The second-order valence-electron chi connectivity index (χ2n) is 5.06. The molecule has 1 aromatic rings. The maximum absolute atomic E-state index is 12.4. The lowest BCUT2D eigenvalue weighted by Gasteiger charge is -2.14. The Balaban J connectivity index is 2.47. The van der Waals surface area contributed by atoms with E-state index in [0.717, 1.165) is 11.1 Å². The maximum Gasteiger partial charge on any atom is 0.266 e. The van der Waals surface area contributed by atoms with Crippen molar-refractivity contribution < 1.29 is 14.3 Å². The van der Waals surface area contributed by atoms with Crippen LogP contribution in [0.2, 0.25) is 0 Å². The molecule has 0 aliphatic carbocycles. The van der Waals surface area contributed by atoms with Crippen LogP contribution in [0.1, 0.15) is 25.0 Å². The Kier molecular flexibility index (Phi) is 6.45. The van der Waals surface area contributed by atoms with Crippen molar-refractivity contribution in [1.29, 1.82) is 0 Å². The van der Waals surface area contributed by atoms with Crippen molar-refractivity contribution in [3.63, 3.8) is 0 Å². The molecule has 1 aliphatic rings. The van der Waals surface area contributed by atoms with E-state index in [4.69, 9.17) is 21.7 Å². The summed E-state index contributed by atoms with van der Waals surface area (Å²) in [4.78, 5) is 14.6. The first-order chi connectivity index (χ1) is 11.5. The average Bonchev–Trinajstić information content (AvgIpc) is 2.81. The van der Waals surface area contributed by atoms with Gasteiger partial charge in [-0.05, 0) is 44.0 Å². The second kappa shape index (κ2) is 8.35. The van der Waals surface area contributed by atoms with E-state index >= 15 is 0 Å².